The molecule has 0 radical (unpaired) electrons. The number of terminal acetylenes is 1. The van der Waals surface area contributed by atoms with Crippen molar-refractivity contribution in [2.24, 2.45) is 0 Å². The lowest BCUT2D eigenvalue weighted by Crippen LogP contribution is -2.25. The van der Waals surface area contributed by atoms with E-state index in [-0.39, 0.29) is 17.4 Å². The molecule has 0 aliphatic heterocycles. The van der Waals surface area contributed by atoms with Crippen molar-refractivity contribution in [1.82, 2.24) is 10.3 Å². The monoisotopic (exact) mass is 504 g/mol. The lowest BCUT2D eigenvalue weighted by Gasteiger charge is -2.22. The molecule has 3 aromatic rings. The molecule has 0 aliphatic carbocycles. The maximum atomic E-state index is 14.6. The molecule has 0 aliphatic rings. The van der Waals surface area contributed by atoms with Crippen LogP contribution in [0.4, 0.5) is 19.6 Å². The number of thiazole rings is 1. The highest BCUT2D eigenvalue weighted by Crippen LogP contribution is 2.34. The van der Waals surface area contributed by atoms with Gasteiger partial charge in [0.15, 0.2) is 5.13 Å². The largest absolute Gasteiger partial charge is 0.395 e. The summed E-state index contributed by atoms with van der Waals surface area (Å²) in [5.74, 6) is -0.241. The first-order valence-corrected chi connectivity index (χ1v) is 11.6. The molecule has 2 aromatic carbocycles. The topological polar surface area (TPSA) is 86.3 Å². The molecule has 0 fully saturated rings. The fraction of sp³-hybridized carbons (Fsp3) is 0.250. The van der Waals surface area contributed by atoms with E-state index in [9.17, 15) is 13.6 Å². The van der Waals surface area contributed by atoms with E-state index in [4.69, 9.17) is 23.1 Å². The van der Waals surface area contributed by atoms with E-state index in [1.807, 2.05) is 0 Å². The molecule has 1 atom stereocenters. The molecule has 0 saturated heterocycles. The van der Waals surface area contributed by atoms with E-state index in [1.165, 1.54) is 0 Å². The van der Waals surface area contributed by atoms with Crippen molar-refractivity contribution in [1.29, 1.82) is 0 Å². The lowest BCUT2D eigenvalue weighted by molar-refractivity contribution is 0.101. The highest BCUT2D eigenvalue weighted by atomic mass is 35.5. The fourth-order valence-electron chi connectivity index (χ4n) is 3.20. The molecule has 1 heterocycles. The van der Waals surface area contributed by atoms with Crippen molar-refractivity contribution >= 4 is 39.7 Å². The SMILES string of the molecule is C#C[C@@](C)(c1ccc(Cl)cc1)c1csc(NC(=O)c2c(F)cc(NCCNCCO)cc2F)n1. The number of aliphatic hydroxyl groups is 1. The van der Waals surface area contributed by atoms with E-state index in [0.29, 0.717) is 30.4 Å². The van der Waals surface area contributed by atoms with Crippen LogP contribution in [0.1, 0.15) is 28.5 Å². The summed E-state index contributed by atoms with van der Waals surface area (Å²) in [6.07, 6.45) is 5.80. The van der Waals surface area contributed by atoms with Gasteiger partial charge in [0.05, 0.1) is 17.7 Å². The number of hydrogen-bond acceptors (Lipinski definition) is 6. The number of halogens is 3. The Morgan fingerprint density at radius 3 is 2.50 bits per heavy atom. The number of rotatable bonds is 10. The van der Waals surface area contributed by atoms with E-state index in [1.54, 1.807) is 36.6 Å². The maximum Gasteiger partial charge on any atom is 0.263 e. The Morgan fingerprint density at radius 1 is 1.21 bits per heavy atom. The van der Waals surface area contributed by atoms with Gasteiger partial charge in [-0.15, -0.1) is 17.8 Å². The number of carbonyl (C=O) groups excluding carboxylic acids is 1. The Labute approximate surface area is 205 Å². The van der Waals surface area contributed by atoms with Crippen molar-refractivity contribution in [3.8, 4) is 12.3 Å². The molecular weight excluding hydrogens is 482 g/mol. The van der Waals surface area contributed by atoms with E-state index < -0.39 is 28.5 Å². The Hall–Kier alpha value is -3.03. The van der Waals surface area contributed by atoms with Gasteiger partial charge in [-0.05, 0) is 36.8 Å². The average molecular weight is 505 g/mol. The average Bonchev–Trinajstić information content (AvgIpc) is 3.27. The molecule has 1 aromatic heterocycles. The van der Waals surface area contributed by atoms with Crippen LogP contribution in [0.2, 0.25) is 5.02 Å². The smallest absolute Gasteiger partial charge is 0.263 e. The van der Waals surface area contributed by atoms with E-state index in [0.717, 1.165) is 29.0 Å². The highest BCUT2D eigenvalue weighted by Gasteiger charge is 2.30. The summed E-state index contributed by atoms with van der Waals surface area (Å²) >= 11 is 7.06. The minimum absolute atomic E-state index is 0.00322. The van der Waals surface area contributed by atoms with Gasteiger partial charge in [-0.25, -0.2) is 13.8 Å². The Kier molecular flexibility index (Phi) is 8.58. The Bertz CT molecular complexity index is 1170. The predicted octanol–water partition coefficient (Wildman–Crippen LogP) is 4.26. The van der Waals surface area contributed by atoms with Gasteiger partial charge in [0.25, 0.3) is 5.91 Å². The number of benzene rings is 2. The summed E-state index contributed by atoms with van der Waals surface area (Å²) in [6.45, 7) is 3.10. The second-order valence-corrected chi connectivity index (χ2v) is 8.78. The minimum atomic E-state index is -1.00. The third-order valence-corrected chi connectivity index (χ3v) is 6.15. The number of nitrogens with zero attached hydrogens (tertiary/aromatic N) is 1. The Morgan fingerprint density at radius 2 is 1.88 bits per heavy atom. The number of aliphatic hydroxyl groups excluding tert-OH is 1. The standard InChI is InChI=1S/C24H23ClF2N4O2S/c1-3-24(2,15-4-6-16(25)7-5-15)20-14-34-23(30-20)31-22(33)21-18(26)12-17(13-19(21)27)29-9-8-28-10-11-32/h1,4-7,12-14,28-29,32H,8-11H2,2H3,(H,30,31,33)/t24-/m0/s1. The molecule has 6 nitrogen and oxygen atoms in total. The van der Waals surface area contributed by atoms with Crippen molar-refractivity contribution in [2.75, 3.05) is 36.9 Å². The molecule has 4 N–H and O–H groups in total. The molecular formula is C24H23ClF2N4O2S. The van der Waals surface area contributed by atoms with Gasteiger partial charge in [0, 0.05) is 35.7 Å². The van der Waals surface area contributed by atoms with Gasteiger partial charge in [-0.1, -0.05) is 29.7 Å². The molecule has 3 rings (SSSR count). The number of hydrogen-bond donors (Lipinski definition) is 4. The highest BCUT2D eigenvalue weighted by molar-refractivity contribution is 7.14. The summed E-state index contributed by atoms with van der Waals surface area (Å²) in [4.78, 5) is 17.0. The van der Waals surface area contributed by atoms with Crippen LogP contribution in [0.5, 0.6) is 0 Å². The van der Waals surface area contributed by atoms with Crippen LogP contribution < -0.4 is 16.0 Å². The quantitative estimate of drug-likeness (QED) is 0.245. The molecule has 0 bridgehead atoms. The third kappa shape index (κ3) is 5.90. The normalized spacial score (nSPS) is 12.6. The predicted molar refractivity (Wildman–Crippen MR) is 132 cm³/mol. The van der Waals surface area contributed by atoms with Crippen LogP contribution >= 0.6 is 22.9 Å². The molecule has 34 heavy (non-hydrogen) atoms. The Balaban J connectivity index is 1.73. The summed E-state index contributed by atoms with van der Waals surface area (Å²) in [5, 5.41) is 19.4. The molecule has 10 heteroatoms. The first-order chi connectivity index (χ1) is 16.3. The molecule has 0 spiro atoms. The minimum Gasteiger partial charge on any atom is -0.395 e. The third-order valence-electron chi connectivity index (χ3n) is 5.14. The van der Waals surface area contributed by atoms with Crippen molar-refractivity contribution in [3.05, 3.63) is 75.3 Å². The zero-order valence-electron chi connectivity index (χ0n) is 18.3. The van der Waals surface area contributed by atoms with Crippen molar-refractivity contribution < 1.29 is 18.7 Å². The molecule has 178 valence electrons. The van der Waals surface area contributed by atoms with Gasteiger partial charge in [-0.3, -0.25) is 10.1 Å². The van der Waals surface area contributed by atoms with Crippen molar-refractivity contribution in [2.45, 2.75) is 12.3 Å². The summed E-state index contributed by atoms with van der Waals surface area (Å²) in [6, 6.07) is 9.13. The van der Waals surface area contributed by atoms with Crippen LogP contribution in [-0.4, -0.2) is 42.2 Å². The first-order valence-electron chi connectivity index (χ1n) is 10.3. The number of anilines is 2. The number of amides is 1. The van der Waals surface area contributed by atoms with Gasteiger partial charge >= 0.3 is 0 Å². The maximum absolute atomic E-state index is 14.6. The second-order valence-electron chi connectivity index (χ2n) is 7.48. The summed E-state index contributed by atoms with van der Waals surface area (Å²) in [7, 11) is 0. The van der Waals surface area contributed by atoms with E-state index >= 15 is 0 Å². The van der Waals surface area contributed by atoms with Crippen molar-refractivity contribution in [3.63, 3.8) is 0 Å². The molecule has 1 amide bonds. The molecule has 0 unspecified atom stereocenters. The van der Waals surface area contributed by atoms with E-state index in [2.05, 4.69) is 26.9 Å². The molecule has 0 saturated carbocycles. The summed E-state index contributed by atoms with van der Waals surface area (Å²) < 4.78 is 29.1. The number of nitrogens with one attached hydrogen (secondary N) is 3. The second kappa shape index (κ2) is 11.4. The van der Waals surface area contributed by atoms with Crippen LogP contribution in [0, 0.1) is 24.0 Å². The van der Waals surface area contributed by atoms with Crippen LogP contribution in [0.15, 0.2) is 41.8 Å². The van der Waals surface area contributed by atoms with Gasteiger partial charge in [0.1, 0.15) is 17.2 Å². The number of carbonyl (C=O) groups is 1. The summed E-state index contributed by atoms with van der Waals surface area (Å²) in [5.41, 5.74) is -0.109. The lowest BCUT2D eigenvalue weighted by atomic mass is 9.81. The van der Waals surface area contributed by atoms with Crippen LogP contribution in [0.25, 0.3) is 0 Å². The van der Waals surface area contributed by atoms with Gasteiger partial charge in [0.2, 0.25) is 0 Å². The zero-order chi connectivity index (χ0) is 24.7. The van der Waals surface area contributed by atoms with Crippen LogP contribution in [0.3, 0.4) is 0 Å². The van der Waals surface area contributed by atoms with Gasteiger partial charge < -0.3 is 15.7 Å². The van der Waals surface area contributed by atoms with Gasteiger partial charge in [-0.2, -0.15) is 0 Å². The number of aromatic nitrogens is 1. The first kappa shape index (κ1) is 25.6. The zero-order valence-corrected chi connectivity index (χ0v) is 19.9. The fourth-order valence-corrected chi connectivity index (χ4v) is 4.14. The van der Waals surface area contributed by atoms with Crippen LogP contribution in [-0.2, 0) is 5.41 Å².